The van der Waals surface area contributed by atoms with Crippen molar-refractivity contribution in [2.75, 3.05) is 0 Å². The van der Waals surface area contributed by atoms with E-state index in [4.69, 9.17) is 0 Å². The quantitative estimate of drug-likeness (QED) is 0.669. The van der Waals surface area contributed by atoms with Crippen LogP contribution in [0.25, 0.3) is 6.08 Å². The van der Waals surface area contributed by atoms with E-state index in [1.54, 1.807) is 0 Å². The molecule has 0 unspecified atom stereocenters. The molecular formula is C11H17NSi. The molecule has 0 aliphatic rings. The van der Waals surface area contributed by atoms with Crippen LogP contribution >= 0.6 is 0 Å². The molecule has 0 N–H and O–H groups in total. The van der Waals surface area contributed by atoms with Crippen LogP contribution in [0.5, 0.6) is 0 Å². The van der Waals surface area contributed by atoms with Crippen molar-refractivity contribution in [3.05, 3.63) is 36.2 Å². The molecule has 0 bridgehead atoms. The van der Waals surface area contributed by atoms with Gasteiger partial charge in [0.25, 0.3) is 0 Å². The summed E-state index contributed by atoms with van der Waals surface area (Å²) in [5, 5.41) is 0. The first-order valence-electron chi connectivity index (χ1n) is 4.59. The van der Waals surface area contributed by atoms with Crippen LogP contribution < -0.4 is 0 Å². The van der Waals surface area contributed by atoms with E-state index in [-0.39, 0.29) is 0 Å². The van der Waals surface area contributed by atoms with E-state index in [1.165, 1.54) is 11.3 Å². The summed E-state index contributed by atoms with van der Waals surface area (Å²) in [5.74, 6) is 0. The van der Waals surface area contributed by atoms with Crippen LogP contribution in [-0.2, 0) is 6.04 Å². The molecule has 0 aliphatic heterocycles. The van der Waals surface area contributed by atoms with Gasteiger partial charge < -0.3 is 0 Å². The van der Waals surface area contributed by atoms with Gasteiger partial charge in [0, 0.05) is 11.9 Å². The lowest BCUT2D eigenvalue weighted by Gasteiger charge is -2.14. The average molecular weight is 191 g/mol. The van der Waals surface area contributed by atoms with Gasteiger partial charge in [-0.05, 0) is 23.7 Å². The van der Waals surface area contributed by atoms with Crippen LogP contribution in [0.3, 0.4) is 0 Å². The third-order valence-corrected chi connectivity index (χ3v) is 3.21. The van der Waals surface area contributed by atoms with Crippen LogP contribution in [0.1, 0.15) is 11.3 Å². The molecule has 1 aromatic rings. The fourth-order valence-electron chi connectivity index (χ4n) is 1.26. The lowest BCUT2D eigenvalue weighted by atomic mass is 10.2. The van der Waals surface area contributed by atoms with Crippen molar-refractivity contribution in [1.82, 2.24) is 4.98 Å². The van der Waals surface area contributed by atoms with Gasteiger partial charge in [-0.25, -0.2) is 0 Å². The zero-order chi connectivity index (χ0) is 9.90. The summed E-state index contributed by atoms with van der Waals surface area (Å²) in [4.78, 5) is 4.36. The van der Waals surface area contributed by atoms with Gasteiger partial charge in [-0.3, -0.25) is 4.98 Å². The molecule has 1 nitrogen and oxygen atoms in total. The zero-order valence-electron chi connectivity index (χ0n) is 8.67. The fraction of sp³-hybridized carbons (Fsp3) is 0.364. The molecular weight excluding hydrogens is 174 g/mol. The van der Waals surface area contributed by atoms with E-state index in [2.05, 4.69) is 37.3 Å². The van der Waals surface area contributed by atoms with E-state index in [9.17, 15) is 0 Å². The molecule has 0 aromatic carbocycles. The number of hydrogen-bond donors (Lipinski definition) is 0. The Bertz CT molecular complexity index is 299. The molecule has 0 spiro atoms. The molecule has 70 valence electrons. The van der Waals surface area contributed by atoms with E-state index in [0.29, 0.717) is 0 Å². The maximum absolute atomic E-state index is 4.36. The highest BCUT2D eigenvalue weighted by Gasteiger charge is 2.14. The average Bonchev–Trinajstić information content (AvgIpc) is 2.01. The predicted molar refractivity (Wildman–Crippen MR) is 61.4 cm³/mol. The van der Waals surface area contributed by atoms with Crippen molar-refractivity contribution in [2.45, 2.75) is 25.7 Å². The van der Waals surface area contributed by atoms with Gasteiger partial charge in [-0.1, -0.05) is 32.3 Å². The van der Waals surface area contributed by atoms with Crippen LogP contribution in [0.4, 0.5) is 0 Å². The second kappa shape index (κ2) is 3.88. The van der Waals surface area contributed by atoms with Crippen LogP contribution in [0.15, 0.2) is 24.9 Å². The lowest BCUT2D eigenvalue weighted by molar-refractivity contribution is 1.13. The van der Waals surface area contributed by atoms with Crippen molar-refractivity contribution in [3.63, 3.8) is 0 Å². The first-order chi connectivity index (χ1) is 6.01. The van der Waals surface area contributed by atoms with Crippen molar-refractivity contribution in [1.29, 1.82) is 0 Å². The molecule has 1 aromatic heterocycles. The summed E-state index contributed by atoms with van der Waals surface area (Å²) < 4.78 is 0. The summed E-state index contributed by atoms with van der Waals surface area (Å²) >= 11 is 0. The van der Waals surface area contributed by atoms with Gasteiger partial charge in [-0.15, -0.1) is 0 Å². The molecule has 1 heterocycles. The van der Waals surface area contributed by atoms with Gasteiger partial charge >= 0.3 is 0 Å². The molecule has 2 heteroatoms. The van der Waals surface area contributed by atoms with Crippen LogP contribution in [-0.4, -0.2) is 13.1 Å². The topological polar surface area (TPSA) is 12.9 Å². The van der Waals surface area contributed by atoms with Gasteiger partial charge in [0.15, 0.2) is 0 Å². The maximum atomic E-state index is 4.36. The molecule has 13 heavy (non-hydrogen) atoms. The second-order valence-electron chi connectivity index (χ2n) is 4.52. The smallest absolute Gasteiger partial charge is 0.0506 e. The monoisotopic (exact) mass is 191 g/mol. The Kier molecular flexibility index (Phi) is 3.04. The van der Waals surface area contributed by atoms with Crippen LogP contribution in [0, 0.1) is 0 Å². The molecule has 0 atom stereocenters. The van der Waals surface area contributed by atoms with E-state index in [1.807, 2.05) is 18.3 Å². The van der Waals surface area contributed by atoms with E-state index < -0.39 is 8.07 Å². The highest BCUT2D eigenvalue weighted by molar-refractivity contribution is 6.75. The highest BCUT2D eigenvalue weighted by atomic mass is 28.3. The molecule has 0 amide bonds. The minimum absolute atomic E-state index is 1.03. The maximum Gasteiger partial charge on any atom is 0.0506 e. The lowest BCUT2D eigenvalue weighted by Crippen LogP contribution is -2.24. The summed E-state index contributed by atoms with van der Waals surface area (Å²) in [6.07, 6.45) is 3.74. The molecule has 0 saturated heterocycles. The van der Waals surface area contributed by atoms with Crippen molar-refractivity contribution < 1.29 is 0 Å². The fourth-order valence-corrected chi connectivity index (χ4v) is 2.54. The van der Waals surface area contributed by atoms with Crippen molar-refractivity contribution in [3.8, 4) is 0 Å². The normalized spacial score (nSPS) is 11.3. The number of aromatic nitrogens is 1. The Morgan fingerprint density at radius 3 is 2.69 bits per heavy atom. The predicted octanol–water partition coefficient (Wildman–Crippen LogP) is 3.14. The summed E-state index contributed by atoms with van der Waals surface area (Å²) in [6, 6.07) is 5.26. The Morgan fingerprint density at radius 1 is 1.46 bits per heavy atom. The summed E-state index contributed by atoms with van der Waals surface area (Å²) in [6.45, 7) is 10.8. The van der Waals surface area contributed by atoms with Gasteiger partial charge in [0.05, 0.1) is 8.07 Å². The Hall–Kier alpha value is -0.893. The number of nitrogens with zero attached hydrogens (tertiary/aromatic N) is 1. The van der Waals surface area contributed by atoms with Crippen molar-refractivity contribution >= 4 is 14.1 Å². The zero-order valence-corrected chi connectivity index (χ0v) is 9.67. The van der Waals surface area contributed by atoms with E-state index in [0.717, 1.165) is 6.04 Å². The number of hydrogen-bond acceptors (Lipinski definition) is 1. The summed E-state index contributed by atoms with van der Waals surface area (Å²) in [5.41, 5.74) is 2.37. The number of pyridine rings is 1. The Morgan fingerprint density at radius 2 is 2.15 bits per heavy atom. The highest BCUT2D eigenvalue weighted by Crippen LogP contribution is 2.11. The van der Waals surface area contributed by atoms with E-state index >= 15 is 0 Å². The second-order valence-corrected chi connectivity index (χ2v) is 10.00. The number of rotatable bonds is 3. The van der Waals surface area contributed by atoms with Gasteiger partial charge in [0.1, 0.15) is 0 Å². The minimum Gasteiger partial charge on any atom is -0.262 e. The Labute approximate surface area is 81.5 Å². The minimum atomic E-state index is -1.03. The van der Waals surface area contributed by atoms with Gasteiger partial charge in [-0.2, -0.15) is 0 Å². The van der Waals surface area contributed by atoms with Gasteiger partial charge in [0.2, 0.25) is 0 Å². The third-order valence-electron chi connectivity index (χ3n) is 1.79. The standard InChI is InChI=1S/C11H17NSi/c1-5-10-6-7-12-11(8-10)9-13(2,3)4/h5-8H,1,9H2,2-4H3. The third kappa shape index (κ3) is 3.55. The molecule has 0 saturated carbocycles. The SMILES string of the molecule is C=Cc1ccnc(C[Si](C)(C)C)c1. The van der Waals surface area contributed by atoms with Crippen molar-refractivity contribution in [2.24, 2.45) is 0 Å². The summed E-state index contributed by atoms with van der Waals surface area (Å²) in [7, 11) is -1.03. The molecule has 0 aliphatic carbocycles. The first kappa shape index (κ1) is 10.2. The first-order valence-corrected chi connectivity index (χ1v) is 8.29. The van der Waals surface area contributed by atoms with Crippen LogP contribution in [0.2, 0.25) is 19.6 Å². The molecule has 1 rings (SSSR count). The molecule has 0 fully saturated rings. The largest absolute Gasteiger partial charge is 0.262 e. The molecule has 0 radical (unpaired) electrons. The Balaban J connectivity index is 2.84.